The van der Waals surface area contributed by atoms with Crippen LogP contribution in [0.5, 0.6) is 5.75 Å². The van der Waals surface area contributed by atoms with Gasteiger partial charge < -0.3 is 25.2 Å². The molecule has 0 aliphatic carbocycles. The summed E-state index contributed by atoms with van der Waals surface area (Å²) < 4.78 is 5.49. The van der Waals surface area contributed by atoms with Crippen molar-refractivity contribution in [1.29, 1.82) is 0 Å². The minimum absolute atomic E-state index is 0. The van der Waals surface area contributed by atoms with Crippen LogP contribution in [-0.2, 0) is 4.79 Å². The SMILES string of the molecule is CCNC(=NCCC(=O)NC(C)C)N1CCN(c2ccccc2OC)CC1.I. The molecule has 1 aromatic carbocycles. The Hall–Kier alpha value is -1.71. The molecule has 158 valence electrons. The number of hydrogen-bond donors (Lipinski definition) is 2. The molecule has 0 unspecified atom stereocenters. The molecule has 0 saturated carbocycles. The number of nitrogens with zero attached hydrogens (tertiary/aromatic N) is 3. The van der Waals surface area contributed by atoms with Gasteiger partial charge in [0.1, 0.15) is 5.75 Å². The zero-order valence-electron chi connectivity index (χ0n) is 17.4. The van der Waals surface area contributed by atoms with Gasteiger partial charge in [0, 0.05) is 45.2 Å². The van der Waals surface area contributed by atoms with Gasteiger partial charge in [-0.3, -0.25) is 9.79 Å². The highest BCUT2D eigenvalue weighted by atomic mass is 127. The molecule has 1 aliphatic heterocycles. The molecule has 1 saturated heterocycles. The van der Waals surface area contributed by atoms with Crippen LogP contribution in [0.25, 0.3) is 0 Å². The Labute approximate surface area is 185 Å². The normalized spacial score (nSPS) is 14.5. The Morgan fingerprint density at radius 2 is 1.89 bits per heavy atom. The first-order valence-corrected chi connectivity index (χ1v) is 9.75. The third-order valence-corrected chi connectivity index (χ3v) is 4.39. The summed E-state index contributed by atoms with van der Waals surface area (Å²) in [4.78, 5) is 21.0. The van der Waals surface area contributed by atoms with E-state index >= 15 is 0 Å². The summed E-state index contributed by atoms with van der Waals surface area (Å²) in [5.74, 6) is 1.84. The summed E-state index contributed by atoms with van der Waals surface area (Å²) >= 11 is 0. The fraction of sp³-hybridized carbons (Fsp3) is 0.600. The molecule has 0 bridgehead atoms. The zero-order chi connectivity index (χ0) is 19.6. The number of hydrogen-bond acceptors (Lipinski definition) is 4. The average molecular weight is 503 g/mol. The number of rotatable bonds is 7. The molecule has 1 aromatic rings. The van der Waals surface area contributed by atoms with E-state index in [1.165, 1.54) is 0 Å². The van der Waals surface area contributed by atoms with E-state index < -0.39 is 0 Å². The number of anilines is 1. The Kier molecular flexibility index (Phi) is 11.0. The van der Waals surface area contributed by atoms with Crippen LogP contribution in [0.1, 0.15) is 27.2 Å². The van der Waals surface area contributed by atoms with E-state index in [0.717, 1.165) is 50.1 Å². The van der Waals surface area contributed by atoms with Gasteiger partial charge in [-0.15, -0.1) is 24.0 Å². The van der Waals surface area contributed by atoms with Crippen molar-refractivity contribution >= 4 is 41.5 Å². The third-order valence-electron chi connectivity index (χ3n) is 4.39. The summed E-state index contributed by atoms with van der Waals surface area (Å²) in [7, 11) is 1.71. The first kappa shape index (κ1) is 24.3. The summed E-state index contributed by atoms with van der Waals surface area (Å²) in [6.07, 6.45) is 0.411. The van der Waals surface area contributed by atoms with Crippen LogP contribution in [0.15, 0.2) is 29.3 Å². The second-order valence-electron chi connectivity index (χ2n) is 6.85. The van der Waals surface area contributed by atoms with E-state index in [1.54, 1.807) is 7.11 Å². The number of amides is 1. The van der Waals surface area contributed by atoms with Crippen molar-refractivity contribution in [3.05, 3.63) is 24.3 Å². The molecule has 28 heavy (non-hydrogen) atoms. The topological polar surface area (TPSA) is 69.2 Å². The van der Waals surface area contributed by atoms with Gasteiger partial charge in [0.15, 0.2) is 5.96 Å². The Morgan fingerprint density at radius 3 is 2.50 bits per heavy atom. The Morgan fingerprint density at radius 1 is 1.21 bits per heavy atom. The van der Waals surface area contributed by atoms with Crippen molar-refractivity contribution in [2.24, 2.45) is 4.99 Å². The molecule has 2 rings (SSSR count). The Bertz CT molecular complexity index is 631. The van der Waals surface area contributed by atoms with E-state index in [-0.39, 0.29) is 35.9 Å². The molecule has 0 atom stereocenters. The van der Waals surface area contributed by atoms with Crippen molar-refractivity contribution in [3.8, 4) is 5.75 Å². The highest BCUT2D eigenvalue weighted by Crippen LogP contribution is 2.28. The van der Waals surface area contributed by atoms with Crippen molar-refractivity contribution in [2.75, 3.05) is 51.3 Å². The molecule has 7 nitrogen and oxygen atoms in total. The maximum Gasteiger partial charge on any atom is 0.222 e. The Balaban J connectivity index is 0.00000392. The molecule has 8 heteroatoms. The number of nitrogens with one attached hydrogen (secondary N) is 2. The number of piperazine rings is 1. The zero-order valence-corrected chi connectivity index (χ0v) is 19.7. The molecule has 1 heterocycles. The van der Waals surface area contributed by atoms with Crippen molar-refractivity contribution < 1.29 is 9.53 Å². The van der Waals surface area contributed by atoms with Crippen molar-refractivity contribution in [2.45, 2.75) is 33.2 Å². The average Bonchev–Trinajstić information content (AvgIpc) is 2.67. The van der Waals surface area contributed by atoms with Gasteiger partial charge in [-0.1, -0.05) is 12.1 Å². The highest BCUT2D eigenvalue weighted by molar-refractivity contribution is 14.0. The molecule has 0 spiro atoms. The van der Waals surface area contributed by atoms with E-state index in [2.05, 4.69) is 38.4 Å². The van der Waals surface area contributed by atoms with Gasteiger partial charge in [-0.2, -0.15) is 0 Å². The predicted octanol–water partition coefficient (Wildman–Crippen LogP) is 2.32. The summed E-state index contributed by atoms with van der Waals surface area (Å²) in [5, 5.41) is 6.25. The lowest BCUT2D eigenvalue weighted by molar-refractivity contribution is -0.121. The number of carbonyl (C=O) groups excluding carboxylic acids is 1. The smallest absolute Gasteiger partial charge is 0.222 e. The van der Waals surface area contributed by atoms with Gasteiger partial charge >= 0.3 is 0 Å². The summed E-state index contributed by atoms with van der Waals surface area (Å²) in [6, 6.07) is 8.29. The number of aliphatic imine (C=N–C) groups is 1. The maximum atomic E-state index is 11.8. The predicted molar refractivity (Wildman–Crippen MR) is 126 cm³/mol. The minimum Gasteiger partial charge on any atom is -0.495 e. The first-order valence-electron chi connectivity index (χ1n) is 9.75. The van der Waals surface area contributed by atoms with E-state index in [9.17, 15) is 4.79 Å². The lowest BCUT2D eigenvalue weighted by Gasteiger charge is -2.38. The van der Waals surface area contributed by atoms with Crippen LogP contribution >= 0.6 is 24.0 Å². The van der Waals surface area contributed by atoms with Crippen LogP contribution in [0, 0.1) is 0 Å². The number of benzene rings is 1. The molecular formula is C20H34IN5O2. The molecule has 0 aromatic heterocycles. The lowest BCUT2D eigenvalue weighted by atomic mass is 10.2. The lowest BCUT2D eigenvalue weighted by Crippen LogP contribution is -2.52. The monoisotopic (exact) mass is 503 g/mol. The second kappa shape index (κ2) is 12.7. The standard InChI is InChI=1S/C20H33N5O2.HI/c1-5-21-20(22-11-10-19(26)23-16(2)3)25-14-12-24(13-15-25)17-8-6-7-9-18(17)27-4;/h6-9,16H,5,10-15H2,1-4H3,(H,21,22)(H,23,26);1H. The van der Waals surface area contributed by atoms with Gasteiger partial charge in [0.05, 0.1) is 19.3 Å². The van der Waals surface area contributed by atoms with Gasteiger partial charge in [-0.05, 0) is 32.9 Å². The molecule has 1 aliphatic rings. The fourth-order valence-corrected chi connectivity index (χ4v) is 3.13. The highest BCUT2D eigenvalue weighted by Gasteiger charge is 2.21. The molecule has 2 N–H and O–H groups in total. The summed E-state index contributed by atoms with van der Waals surface area (Å²) in [6.45, 7) is 10.9. The minimum atomic E-state index is 0. The molecule has 1 fully saturated rings. The number of carbonyl (C=O) groups is 1. The largest absolute Gasteiger partial charge is 0.495 e. The molecule has 0 radical (unpaired) electrons. The van der Waals surface area contributed by atoms with Crippen LogP contribution < -0.4 is 20.3 Å². The quantitative estimate of drug-likeness (QED) is 0.340. The molecular weight excluding hydrogens is 469 g/mol. The van der Waals surface area contributed by atoms with Crippen LogP contribution in [-0.4, -0.2) is 69.2 Å². The van der Waals surface area contributed by atoms with Gasteiger partial charge in [0.25, 0.3) is 0 Å². The maximum absolute atomic E-state index is 11.8. The number of methoxy groups -OCH3 is 1. The summed E-state index contributed by atoms with van der Waals surface area (Å²) in [5.41, 5.74) is 1.13. The third kappa shape index (κ3) is 7.37. The van der Waals surface area contributed by atoms with Crippen LogP contribution in [0.2, 0.25) is 0 Å². The van der Waals surface area contributed by atoms with Gasteiger partial charge in [0.2, 0.25) is 5.91 Å². The first-order chi connectivity index (χ1) is 13.0. The van der Waals surface area contributed by atoms with Crippen molar-refractivity contribution in [3.63, 3.8) is 0 Å². The number of halogens is 1. The molecule has 1 amide bonds. The van der Waals surface area contributed by atoms with E-state index in [0.29, 0.717) is 13.0 Å². The van der Waals surface area contributed by atoms with Crippen molar-refractivity contribution in [1.82, 2.24) is 15.5 Å². The number of para-hydroxylation sites is 2. The number of ether oxygens (including phenoxy) is 1. The van der Waals surface area contributed by atoms with E-state index in [4.69, 9.17) is 4.74 Å². The van der Waals surface area contributed by atoms with Crippen LogP contribution in [0.3, 0.4) is 0 Å². The van der Waals surface area contributed by atoms with Crippen LogP contribution in [0.4, 0.5) is 5.69 Å². The van der Waals surface area contributed by atoms with Gasteiger partial charge in [-0.25, -0.2) is 0 Å². The fourth-order valence-electron chi connectivity index (χ4n) is 3.13. The number of guanidine groups is 1. The van der Waals surface area contributed by atoms with E-state index in [1.807, 2.05) is 32.0 Å². The second-order valence-corrected chi connectivity index (χ2v) is 6.85.